The second-order valence-electron chi connectivity index (χ2n) is 7.08. The van der Waals surface area contributed by atoms with Gasteiger partial charge in [-0.1, -0.05) is 59.9 Å². The lowest BCUT2D eigenvalue weighted by Crippen LogP contribution is -2.38. The molecule has 3 aromatic carbocycles. The van der Waals surface area contributed by atoms with Gasteiger partial charge in [0.15, 0.2) is 0 Å². The highest BCUT2D eigenvalue weighted by Crippen LogP contribution is 2.28. The van der Waals surface area contributed by atoms with Gasteiger partial charge < -0.3 is 4.74 Å². The molecule has 0 saturated heterocycles. The molecule has 0 aliphatic rings. The lowest BCUT2D eigenvalue weighted by atomic mass is 10.2. The highest BCUT2D eigenvalue weighted by molar-refractivity contribution is 7.92. The largest absolute Gasteiger partial charge is 0.494 e. The predicted octanol–water partition coefficient (Wildman–Crippen LogP) is 4.44. The van der Waals surface area contributed by atoms with Crippen molar-refractivity contribution in [2.75, 3.05) is 22.8 Å². The van der Waals surface area contributed by atoms with Gasteiger partial charge >= 0.3 is 0 Å². The highest BCUT2D eigenvalue weighted by atomic mass is 32.2. The van der Waals surface area contributed by atoms with Gasteiger partial charge in [0.1, 0.15) is 17.3 Å². The maximum Gasteiger partial charge on any atom is 0.264 e. The van der Waals surface area contributed by atoms with Crippen LogP contribution in [0.25, 0.3) is 10.6 Å². The molecule has 0 bridgehead atoms. The number of nitrogens with zero attached hydrogens (tertiary/aromatic N) is 3. The van der Waals surface area contributed by atoms with E-state index in [2.05, 4.69) is 15.5 Å². The van der Waals surface area contributed by atoms with Gasteiger partial charge in [0.2, 0.25) is 11.0 Å². The molecule has 0 radical (unpaired) electrons. The van der Waals surface area contributed by atoms with Crippen molar-refractivity contribution in [2.24, 2.45) is 0 Å². The Kier molecular flexibility index (Phi) is 7.19. The summed E-state index contributed by atoms with van der Waals surface area (Å²) in [6, 6.07) is 24.0. The van der Waals surface area contributed by atoms with E-state index in [1.54, 1.807) is 42.5 Å². The van der Waals surface area contributed by atoms with Crippen molar-refractivity contribution >= 4 is 38.1 Å². The zero-order valence-electron chi connectivity index (χ0n) is 18.3. The van der Waals surface area contributed by atoms with E-state index in [4.69, 9.17) is 4.74 Å². The summed E-state index contributed by atoms with van der Waals surface area (Å²) in [4.78, 5) is 13.0. The molecular weight excluding hydrogens is 472 g/mol. The van der Waals surface area contributed by atoms with Gasteiger partial charge in [-0.05, 0) is 43.3 Å². The van der Waals surface area contributed by atoms with Crippen LogP contribution >= 0.6 is 11.3 Å². The van der Waals surface area contributed by atoms with E-state index in [9.17, 15) is 13.2 Å². The minimum absolute atomic E-state index is 0.0824. The number of carbonyl (C=O) groups is 1. The molecule has 1 amide bonds. The first-order valence-electron chi connectivity index (χ1n) is 10.5. The number of hydrogen-bond acceptors (Lipinski definition) is 7. The van der Waals surface area contributed by atoms with Crippen molar-refractivity contribution in [2.45, 2.75) is 11.8 Å². The number of benzene rings is 3. The summed E-state index contributed by atoms with van der Waals surface area (Å²) in [6.07, 6.45) is 0. The predicted molar refractivity (Wildman–Crippen MR) is 133 cm³/mol. The van der Waals surface area contributed by atoms with Crippen molar-refractivity contribution in [1.82, 2.24) is 10.2 Å². The molecule has 0 spiro atoms. The lowest BCUT2D eigenvalue weighted by Gasteiger charge is -2.24. The Hall–Kier alpha value is -3.76. The second kappa shape index (κ2) is 10.4. The van der Waals surface area contributed by atoms with Crippen molar-refractivity contribution in [3.8, 4) is 16.3 Å². The third kappa shape index (κ3) is 5.41. The van der Waals surface area contributed by atoms with Crippen LogP contribution in [0.5, 0.6) is 5.75 Å². The van der Waals surface area contributed by atoms with Crippen LogP contribution in [-0.2, 0) is 14.8 Å². The van der Waals surface area contributed by atoms with Crippen LogP contribution in [0.4, 0.5) is 10.8 Å². The van der Waals surface area contributed by atoms with Crippen LogP contribution in [-0.4, -0.2) is 37.7 Å². The zero-order chi connectivity index (χ0) is 24.0. The fourth-order valence-corrected chi connectivity index (χ4v) is 5.38. The Morgan fingerprint density at radius 3 is 2.24 bits per heavy atom. The molecule has 4 rings (SSSR count). The molecule has 0 atom stereocenters. The monoisotopic (exact) mass is 494 g/mol. The Morgan fingerprint density at radius 1 is 0.941 bits per heavy atom. The van der Waals surface area contributed by atoms with Gasteiger partial charge in [0.05, 0.1) is 17.2 Å². The highest BCUT2D eigenvalue weighted by Gasteiger charge is 2.27. The first kappa shape index (κ1) is 23.4. The van der Waals surface area contributed by atoms with E-state index >= 15 is 0 Å². The van der Waals surface area contributed by atoms with Gasteiger partial charge in [-0.15, -0.1) is 10.2 Å². The SMILES string of the molecule is CCOc1ccc(N(CC(=O)Nc2nnc(-c3ccccc3)s2)S(=O)(=O)c2ccccc2)cc1. The maximum absolute atomic E-state index is 13.4. The number of ether oxygens (including phenoxy) is 1. The summed E-state index contributed by atoms with van der Waals surface area (Å²) in [5.41, 5.74) is 1.22. The minimum atomic E-state index is -4.01. The van der Waals surface area contributed by atoms with E-state index < -0.39 is 22.5 Å². The van der Waals surface area contributed by atoms with Crippen LogP contribution in [0.3, 0.4) is 0 Å². The molecule has 174 valence electrons. The van der Waals surface area contributed by atoms with Crippen molar-refractivity contribution in [3.05, 3.63) is 84.9 Å². The van der Waals surface area contributed by atoms with Gasteiger partial charge in [0.25, 0.3) is 10.0 Å². The number of aromatic nitrogens is 2. The summed E-state index contributed by atoms with van der Waals surface area (Å²) in [5, 5.41) is 11.7. The van der Waals surface area contributed by atoms with Crippen LogP contribution in [0.1, 0.15) is 6.92 Å². The summed E-state index contributed by atoms with van der Waals surface area (Å²) in [5.74, 6) is 0.0687. The molecule has 1 N–H and O–H groups in total. The standard InChI is InChI=1S/C24H22N4O4S2/c1-2-32-20-15-13-19(14-16-20)28(34(30,31)21-11-7-4-8-12-21)17-22(29)25-24-27-26-23(33-24)18-9-5-3-6-10-18/h3-16H,2,17H2,1H3,(H,25,27,29). The van der Waals surface area contributed by atoms with Crippen LogP contribution in [0.15, 0.2) is 89.8 Å². The second-order valence-corrected chi connectivity index (χ2v) is 9.92. The Morgan fingerprint density at radius 2 is 1.59 bits per heavy atom. The minimum Gasteiger partial charge on any atom is -0.494 e. The lowest BCUT2D eigenvalue weighted by molar-refractivity contribution is -0.114. The molecule has 0 aliphatic carbocycles. The fourth-order valence-electron chi connectivity index (χ4n) is 3.17. The van der Waals surface area contributed by atoms with E-state index in [-0.39, 0.29) is 10.0 Å². The average molecular weight is 495 g/mol. The Balaban J connectivity index is 1.58. The van der Waals surface area contributed by atoms with Crippen LogP contribution in [0, 0.1) is 0 Å². The molecule has 1 heterocycles. The zero-order valence-corrected chi connectivity index (χ0v) is 19.9. The molecule has 4 aromatic rings. The third-order valence-electron chi connectivity index (χ3n) is 4.75. The fraction of sp³-hybridized carbons (Fsp3) is 0.125. The number of amides is 1. The van der Waals surface area contributed by atoms with E-state index in [0.29, 0.717) is 23.1 Å². The van der Waals surface area contributed by atoms with Gasteiger partial charge in [-0.3, -0.25) is 14.4 Å². The number of sulfonamides is 1. The molecule has 0 saturated carbocycles. The average Bonchev–Trinajstić information content (AvgIpc) is 3.33. The molecule has 0 unspecified atom stereocenters. The van der Waals surface area contributed by atoms with Gasteiger partial charge in [-0.25, -0.2) is 8.42 Å². The van der Waals surface area contributed by atoms with Crippen molar-refractivity contribution in [1.29, 1.82) is 0 Å². The number of nitrogens with one attached hydrogen (secondary N) is 1. The molecular formula is C24H22N4O4S2. The normalized spacial score (nSPS) is 11.1. The summed E-state index contributed by atoms with van der Waals surface area (Å²) >= 11 is 1.21. The summed E-state index contributed by atoms with van der Waals surface area (Å²) < 4.78 is 33.3. The molecule has 0 aliphatic heterocycles. The quantitative estimate of drug-likeness (QED) is 0.369. The molecule has 0 fully saturated rings. The first-order chi connectivity index (χ1) is 16.5. The number of rotatable bonds is 9. The maximum atomic E-state index is 13.4. The number of anilines is 2. The molecule has 1 aromatic heterocycles. The van der Waals surface area contributed by atoms with Crippen molar-refractivity contribution in [3.63, 3.8) is 0 Å². The first-order valence-corrected chi connectivity index (χ1v) is 12.7. The summed E-state index contributed by atoms with van der Waals surface area (Å²) in [6.45, 7) is 1.91. The number of carbonyl (C=O) groups excluding carboxylic acids is 1. The van der Waals surface area contributed by atoms with Gasteiger partial charge in [0, 0.05) is 5.56 Å². The van der Waals surface area contributed by atoms with E-state index in [0.717, 1.165) is 9.87 Å². The molecule has 8 nitrogen and oxygen atoms in total. The topological polar surface area (TPSA) is 101 Å². The number of hydrogen-bond donors (Lipinski definition) is 1. The van der Waals surface area contributed by atoms with E-state index in [1.165, 1.54) is 23.5 Å². The van der Waals surface area contributed by atoms with Crippen LogP contribution < -0.4 is 14.4 Å². The van der Waals surface area contributed by atoms with Crippen LogP contribution in [0.2, 0.25) is 0 Å². The smallest absolute Gasteiger partial charge is 0.264 e. The third-order valence-corrected chi connectivity index (χ3v) is 7.42. The molecule has 10 heteroatoms. The van der Waals surface area contributed by atoms with Crippen molar-refractivity contribution < 1.29 is 17.9 Å². The Bertz CT molecular complexity index is 1340. The Labute approximate surface area is 201 Å². The van der Waals surface area contributed by atoms with Gasteiger partial charge in [-0.2, -0.15) is 0 Å². The summed E-state index contributed by atoms with van der Waals surface area (Å²) in [7, 11) is -4.01. The van der Waals surface area contributed by atoms with E-state index in [1.807, 2.05) is 37.3 Å². The molecule has 34 heavy (non-hydrogen) atoms.